The van der Waals surface area contributed by atoms with Gasteiger partial charge < -0.3 is 9.84 Å². The van der Waals surface area contributed by atoms with Crippen LogP contribution in [0.5, 0.6) is 5.75 Å². The molecule has 0 aliphatic rings. The van der Waals surface area contributed by atoms with Crippen LogP contribution in [0.2, 0.25) is 5.02 Å². The van der Waals surface area contributed by atoms with Crippen LogP contribution in [0.4, 0.5) is 0 Å². The highest BCUT2D eigenvalue weighted by atomic mass is 35.5. The van der Waals surface area contributed by atoms with Gasteiger partial charge in [-0.05, 0) is 49.2 Å². The number of aliphatic hydroxyl groups is 1. The van der Waals surface area contributed by atoms with Crippen molar-refractivity contribution in [3.8, 4) is 5.75 Å². The minimum atomic E-state index is -1.05. The van der Waals surface area contributed by atoms with E-state index in [0.29, 0.717) is 11.6 Å². The molecule has 1 unspecified atom stereocenters. The predicted octanol–water partition coefficient (Wildman–Crippen LogP) is 3.99. The fourth-order valence-corrected chi connectivity index (χ4v) is 2.11. The van der Waals surface area contributed by atoms with E-state index in [4.69, 9.17) is 16.3 Å². The number of halogens is 1. The summed E-state index contributed by atoms with van der Waals surface area (Å²) < 4.78 is 5.40. The minimum Gasteiger partial charge on any atom is -0.494 e. The van der Waals surface area contributed by atoms with Gasteiger partial charge in [0.2, 0.25) is 0 Å². The van der Waals surface area contributed by atoms with Gasteiger partial charge in [-0.25, -0.2) is 0 Å². The summed E-state index contributed by atoms with van der Waals surface area (Å²) in [6.07, 6.45) is 0. The molecule has 0 aromatic heterocycles. The van der Waals surface area contributed by atoms with Gasteiger partial charge in [-0.3, -0.25) is 0 Å². The smallest absolute Gasteiger partial charge is 0.119 e. The maximum atomic E-state index is 10.7. The molecule has 0 amide bonds. The third-order valence-corrected chi connectivity index (χ3v) is 3.39. The first-order valence-electron chi connectivity index (χ1n) is 6.26. The quantitative estimate of drug-likeness (QED) is 0.915. The summed E-state index contributed by atoms with van der Waals surface area (Å²) in [7, 11) is 0. The lowest BCUT2D eigenvalue weighted by Crippen LogP contribution is -2.22. The van der Waals surface area contributed by atoms with Gasteiger partial charge in [0.05, 0.1) is 6.61 Å². The highest BCUT2D eigenvalue weighted by Gasteiger charge is 2.25. The van der Waals surface area contributed by atoms with E-state index in [1.165, 1.54) is 0 Å². The fraction of sp³-hybridized carbons (Fsp3) is 0.250. The Balaban J connectivity index is 2.30. The van der Waals surface area contributed by atoms with Gasteiger partial charge in [-0.15, -0.1) is 0 Å². The Morgan fingerprint density at radius 1 is 1.00 bits per heavy atom. The molecule has 2 aromatic carbocycles. The molecule has 2 aromatic rings. The lowest BCUT2D eigenvalue weighted by Gasteiger charge is -2.24. The first kappa shape index (κ1) is 13.9. The van der Waals surface area contributed by atoms with E-state index >= 15 is 0 Å². The Labute approximate surface area is 118 Å². The van der Waals surface area contributed by atoms with Crippen molar-refractivity contribution < 1.29 is 9.84 Å². The molecule has 2 rings (SSSR count). The molecule has 0 aliphatic carbocycles. The normalized spacial score (nSPS) is 13.9. The van der Waals surface area contributed by atoms with Crippen molar-refractivity contribution in [3.05, 3.63) is 64.7 Å². The van der Waals surface area contributed by atoms with Gasteiger partial charge in [-0.2, -0.15) is 0 Å². The summed E-state index contributed by atoms with van der Waals surface area (Å²) in [5.41, 5.74) is 0.578. The topological polar surface area (TPSA) is 29.5 Å². The average Bonchev–Trinajstić information content (AvgIpc) is 2.40. The van der Waals surface area contributed by atoms with E-state index in [1.807, 2.05) is 43.3 Å². The minimum absolute atomic E-state index is 0.632. The van der Waals surface area contributed by atoms with E-state index in [9.17, 15) is 5.11 Å². The van der Waals surface area contributed by atoms with E-state index in [2.05, 4.69) is 0 Å². The van der Waals surface area contributed by atoms with Crippen LogP contribution < -0.4 is 4.74 Å². The second kappa shape index (κ2) is 5.64. The van der Waals surface area contributed by atoms with Gasteiger partial charge in [-0.1, -0.05) is 35.9 Å². The van der Waals surface area contributed by atoms with E-state index in [1.54, 1.807) is 19.1 Å². The molecule has 0 aliphatic heterocycles. The van der Waals surface area contributed by atoms with Crippen molar-refractivity contribution in [1.82, 2.24) is 0 Å². The third kappa shape index (κ3) is 3.09. The van der Waals surface area contributed by atoms with E-state index in [-0.39, 0.29) is 0 Å². The van der Waals surface area contributed by atoms with Crippen LogP contribution in [0, 0.1) is 0 Å². The maximum absolute atomic E-state index is 10.7. The second-order valence-corrected chi connectivity index (χ2v) is 4.97. The summed E-state index contributed by atoms with van der Waals surface area (Å²) in [6, 6.07) is 14.7. The molecule has 1 atom stereocenters. The number of rotatable bonds is 4. The highest BCUT2D eigenvalue weighted by molar-refractivity contribution is 6.30. The number of ether oxygens (including phenoxy) is 1. The van der Waals surface area contributed by atoms with Gasteiger partial charge in [0.1, 0.15) is 11.4 Å². The Morgan fingerprint density at radius 2 is 1.47 bits per heavy atom. The van der Waals surface area contributed by atoms with Gasteiger partial charge >= 0.3 is 0 Å². The third-order valence-electron chi connectivity index (χ3n) is 3.13. The molecule has 0 heterocycles. The largest absolute Gasteiger partial charge is 0.494 e. The molecule has 100 valence electrons. The molecule has 0 saturated carbocycles. The summed E-state index contributed by atoms with van der Waals surface area (Å²) in [5.74, 6) is 0.804. The van der Waals surface area contributed by atoms with Crippen molar-refractivity contribution in [2.75, 3.05) is 6.61 Å². The zero-order chi connectivity index (χ0) is 13.9. The van der Waals surface area contributed by atoms with Crippen LogP contribution in [0.3, 0.4) is 0 Å². The molecule has 0 fully saturated rings. The predicted molar refractivity (Wildman–Crippen MR) is 77.7 cm³/mol. The van der Waals surface area contributed by atoms with Gasteiger partial charge in [0, 0.05) is 5.02 Å². The Bertz CT molecular complexity index is 530. The lowest BCUT2D eigenvalue weighted by molar-refractivity contribution is 0.102. The Kier molecular flexibility index (Phi) is 4.13. The molecular weight excluding hydrogens is 260 g/mol. The first-order valence-corrected chi connectivity index (χ1v) is 6.63. The second-order valence-electron chi connectivity index (χ2n) is 4.54. The molecule has 19 heavy (non-hydrogen) atoms. The summed E-state index contributed by atoms with van der Waals surface area (Å²) in [5, 5.41) is 11.3. The number of hydrogen-bond donors (Lipinski definition) is 1. The van der Waals surface area contributed by atoms with Gasteiger partial charge in [0.15, 0.2) is 0 Å². The van der Waals surface area contributed by atoms with E-state index < -0.39 is 5.60 Å². The molecule has 0 saturated heterocycles. The number of hydrogen-bond acceptors (Lipinski definition) is 2. The summed E-state index contributed by atoms with van der Waals surface area (Å²) in [6.45, 7) is 4.34. The molecule has 0 spiro atoms. The van der Waals surface area contributed by atoms with Crippen LogP contribution >= 0.6 is 11.6 Å². The fourth-order valence-electron chi connectivity index (χ4n) is 1.98. The maximum Gasteiger partial charge on any atom is 0.119 e. The van der Waals surface area contributed by atoms with Crippen LogP contribution in [-0.4, -0.2) is 11.7 Å². The molecule has 0 radical (unpaired) electrons. The Hall–Kier alpha value is -1.51. The first-order chi connectivity index (χ1) is 9.04. The van der Waals surface area contributed by atoms with E-state index in [0.717, 1.165) is 16.9 Å². The molecular formula is C16H17ClO2. The van der Waals surface area contributed by atoms with Crippen molar-refractivity contribution >= 4 is 11.6 Å². The van der Waals surface area contributed by atoms with Crippen LogP contribution in [0.1, 0.15) is 25.0 Å². The zero-order valence-electron chi connectivity index (χ0n) is 11.1. The zero-order valence-corrected chi connectivity index (χ0v) is 11.8. The van der Waals surface area contributed by atoms with Crippen molar-refractivity contribution in [2.24, 2.45) is 0 Å². The molecule has 2 nitrogen and oxygen atoms in total. The van der Waals surface area contributed by atoms with Gasteiger partial charge in [0.25, 0.3) is 0 Å². The standard InChI is InChI=1S/C16H17ClO2/c1-3-19-15-10-6-13(7-11-15)16(2,18)12-4-8-14(17)9-5-12/h4-11,18H,3H2,1-2H3. The summed E-state index contributed by atoms with van der Waals surface area (Å²) >= 11 is 5.87. The SMILES string of the molecule is CCOc1ccc(C(C)(O)c2ccc(Cl)cc2)cc1. The van der Waals surface area contributed by atoms with Crippen LogP contribution in [0.25, 0.3) is 0 Å². The number of benzene rings is 2. The van der Waals surface area contributed by atoms with Crippen LogP contribution in [-0.2, 0) is 5.60 Å². The molecule has 1 N–H and O–H groups in total. The summed E-state index contributed by atoms with van der Waals surface area (Å²) in [4.78, 5) is 0. The Morgan fingerprint density at radius 3 is 1.95 bits per heavy atom. The molecule has 3 heteroatoms. The van der Waals surface area contributed by atoms with Crippen molar-refractivity contribution in [1.29, 1.82) is 0 Å². The van der Waals surface area contributed by atoms with Crippen LogP contribution in [0.15, 0.2) is 48.5 Å². The average molecular weight is 277 g/mol. The van der Waals surface area contributed by atoms with Crippen molar-refractivity contribution in [3.63, 3.8) is 0 Å². The molecule has 0 bridgehead atoms. The lowest BCUT2D eigenvalue weighted by atomic mass is 9.88. The monoisotopic (exact) mass is 276 g/mol. The van der Waals surface area contributed by atoms with Crippen molar-refractivity contribution in [2.45, 2.75) is 19.4 Å². The highest BCUT2D eigenvalue weighted by Crippen LogP contribution is 2.30.